The van der Waals surface area contributed by atoms with Gasteiger partial charge in [0.1, 0.15) is 12.6 Å². The molecule has 0 radical (unpaired) electrons. The number of quaternary nitrogens is 1. The molecular formula is C7H14NO3+. The Balaban J connectivity index is 2.72. The number of nitrogens with zero attached hydrogens (tertiary/aromatic N) is 1. The number of rotatable bonds is 0. The summed E-state index contributed by atoms with van der Waals surface area (Å²) in [5.74, 6) is 0. The lowest BCUT2D eigenvalue weighted by Gasteiger charge is -2.37. The van der Waals surface area contributed by atoms with Crippen LogP contribution in [0.15, 0.2) is 0 Å². The maximum absolute atomic E-state index is 10.8. The molecule has 11 heavy (non-hydrogen) atoms. The van der Waals surface area contributed by atoms with Crippen LogP contribution in [-0.2, 0) is 4.74 Å². The molecule has 1 aliphatic heterocycles. The first-order valence-electron chi connectivity index (χ1n) is 3.74. The van der Waals surface area contributed by atoms with Crippen molar-refractivity contribution in [2.75, 3.05) is 26.8 Å². The number of carboxylic acid groups (broad SMARTS) is 1. The van der Waals surface area contributed by atoms with Crippen LogP contribution in [0, 0.1) is 0 Å². The van der Waals surface area contributed by atoms with Gasteiger partial charge < -0.3 is 9.84 Å². The number of likely N-dealkylation sites (N-methyl/N-ethyl adjacent to an activating group) is 1. The normalized spacial score (nSPS) is 38.5. The van der Waals surface area contributed by atoms with Crippen molar-refractivity contribution in [1.82, 2.24) is 0 Å². The van der Waals surface area contributed by atoms with Gasteiger partial charge in [-0.15, -0.1) is 0 Å². The van der Waals surface area contributed by atoms with Crippen LogP contribution < -0.4 is 0 Å². The number of carbonyl (C=O) groups is 1. The summed E-state index contributed by atoms with van der Waals surface area (Å²) in [5.41, 5.74) is 0. The molecule has 1 fully saturated rings. The highest BCUT2D eigenvalue weighted by molar-refractivity contribution is 5.56. The third-order valence-corrected chi connectivity index (χ3v) is 2.47. The topological polar surface area (TPSA) is 46.5 Å². The third kappa shape index (κ3) is 1.36. The zero-order chi connectivity index (χ0) is 8.48. The molecule has 0 spiro atoms. The van der Waals surface area contributed by atoms with E-state index in [0.29, 0.717) is 19.8 Å². The van der Waals surface area contributed by atoms with Crippen molar-refractivity contribution in [1.29, 1.82) is 0 Å². The van der Waals surface area contributed by atoms with E-state index in [1.165, 1.54) is 0 Å². The van der Waals surface area contributed by atoms with Gasteiger partial charge in [-0.1, -0.05) is 0 Å². The van der Waals surface area contributed by atoms with Crippen molar-refractivity contribution in [2.45, 2.75) is 13.0 Å². The second-order valence-corrected chi connectivity index (χ2v) is 3.20. The molecule has 0 saturated carbocycles. The molecule has 1 saturated heterocycles. The first-order valence-corrected chi connectivity index (χ1v) is 3.74. The first-order chi connectivity index (χ1) is 5.07. The molecule has 2 atom stereocenters. The molecule has 0 aliphatic carbocycles. The van der Waals surface area contributed by atoms with Crippen LogP contribution in [0.4, 0.5) is 4.79 Å². The molecule has 0 aromatic rings. The second-order valence-electron chi connectivity index (χ2n) is 3.20. The highest BCUT2D eigenvalue weighted by Crippen LogP contribution is 2.15. The summed E-state index contributed by atoms with van der Waals surface area (Å²) < 4.78 is 5.23. The minimum absolute atomic E-state index is 0.0567. The zero-order valence-electron chi connectivity index (χ0n) is 6.91. The molecule has 2 unspecified atom stereocenters. The molecule has 0 aromatic heterocycles. The summed E-state index contributed by atoms with van der Waals surface area (Å²) in [7, 11) is 1.73. The molecule has 64 valence electrons. The standard InChI is InChI=1S/C7H13NO3/c1-6-5-11-4-3-8(6,2)7(9)10/h6H,3-5H2,1-2H3/p+1. The lowest BCUT2D eigenvalue weighted by molar-refractivity contribution is -0.870. The molecule has 1 amide bonds. The van der Waals surface area contributed by atoms with Crippen LogP contribution in [0.2, 0.25) is 0 Å². The SMILES string of the molecule is CC1COCC[N+]1(C)C(=O)O. The predicted molar refractivity (Wildman–Crippen MR) is 39.4 cm³/mol. The molecule has 1 aliphatic rings. The summed E-state index contributed by atoms with van der Waals surface area (Å²) in [6.07, 6.45) is -0.763. The fourth-order valence-electron chi connectivity index (χ4n) is 1.18. The van der Waals surface area contributed by atoms with Gasteiger partial charge in [0.2, 0.25) is 0 Å². The van der Waals surface area contributed by atoms with Gasteiger partial charge in [-0.3, -0.25) is 0 Å². The Morgan fingerprint density at radius 2 is 2.36 bits per heavy atom. The van der Waals surface area contributed by atoms with Crippen molar-refractivity contribution < 1.29 is 19.1 Å². The summed E-state index contributed by atoms with van der Waals surface area (Å²) in [4.78, 5) is 10.8. The van der Waals surface area contributed by atoms with Crippen molar-refractivity contribution in [3.63, 3.8) is 0 Å². The molecule has 0 aromatic carbocycles. The van der Waals surface area contributed by atoms with Gasteiger partial charge in [0, 0.05) is 0 Å². The molecule has 4 heteroatoms. The maximum atomic E-state index is 10.8. The molecule has 4 nitrogen and oxygen atoms in total. The fraction of sp³-hybridized carbons (Fsp3) is 0.857. The van der Waals surface area contributed by atoms with Crippen LogP contribution in [0.25, 0.3) is 0 Å². The minimum atomic E-state index is -0.763. The van der Waals surface area contributed by atoms with Gasteiger partial charge in [-0.25, -0.2) is 4.48 Å². The average Bonchev–Trinajstić information content (AvgIpc) is 1.95. The maximum Gasteiger partial charge on any atom is 0.513 e. The molecule has 1 heterocycles. The van der Waals surface area contributed by atoms with E-state index in [2.05, 4.69) is 0 Å². The number of ether oxygens (including phenoxy) is 1. The van der Waals surface area contributed by atoms with Gasteiger partial charge in [-0.2, -0.15) is 4.79 Å². The fourth-order valence-corrected chi connectivity index (χ4v) is 1.18. The predicted octanol–water partition coefficient (Wildman–Crippen LogP) is 0.530. The van der Waals surface area contributed by atoms with E-state index in [1.54, 1.807) is 7.05 Å². The quantitative estimate of drug-likeness (QED) is 0.526. The Kier molecular flexibility index (Phi) is 2.15. The van der Waals surface area contributed by atoms with E-state index in [0.717, 1.165) is 0 Å². The van der Waals surface area contributed by atoms with Crippen LogP contribution in [0.1, 0.15) is 6.92 Å². The largest absolute Gasteiger partial charge is 0.513 e. The van der Waals surface area contributed by atoms with Gasteiger partial charge in [-0.05, 0) is 6.92 Å². The van der Waals surface area contributed by atoms with Gasteiger partial charge in [0.15, 0.2) is 0 Å². The van der Waals surface area contributed by atoms with Crippen LogP contribution in [-0.4, -0.2) is 48.5 Å². The Morgan fingerprint density at radius 3 is 2.73 bits per heavy atom. The van der Waals surface area contributed by atoms with E-state index in [4.69, 9.17) is 9.84 Å². The number of hydrogen-bond acceptors (Lipinski definition) is 2. The molecule has 0 bridgehead atoms. The van der Waals surface area contributed by atoms with Crippen molar-refractivity contribution >= 4 is 6.09 Å². The highest BCUT2D eigenvalue weighted by atomic mass is 16.5. The van der Waals surface area contributed by atoms with Gasteiger partial charge in [0.25, 0.3) is 0 Å². The Bertz CT molecular complexity index is 171. The summed E-state index contributed by atoms with van der Waals surface area (Å²) in [6.45, 7) is 3.56. The van der Waals surface area contributed by atoms with Gasteiger partial charge in [0.05, 0.1) is 20.3 Å². The third-order valence-electron chi connectivity index (χ3n) is 2.47. The van der Waals surface area contributed by atoms with Crippen molar-refractivity contribution in [3.05, 3.63) is 0 Å². The van der Waals surface area contributed by atoms with Gasteiger partial charge >= 0.3 is 6.09 Å². The number of amides is 1. The first kappa shape index (κ1) is 8.49. The Hall–Kier alpha value is -0.610. The van der Waals surface area contributed by atoms with Crippen molar-refractivity contribution in [3.8, 4) is 0 Å². The average molecular weight is 160 g/mol. The second kappa shape index (κ2) is 2.79. The van der Waals surface area contributed by atoms with E-state index in [9.17, 15) is 4.79 Å². The molecular weight excluding hydrogens is 146 g/mol. The van der Waals surface area contributed by atoms with Crippen LogP contribution >= 0.6 is 0 Å². The smallest absolute Gasteiger partial charge is 0.435 e. The summed E-state index contributed by atoms with van der Waals surface area (Å²) in [5, 5.41) is 8.88. The molecule has 1 rings (SSSR count). The highest BCUT2D eigenvalue weighted by Gasteiger charge is 2.40. The van der Waals surface area contributed by atoms with Crippen LogP contribution in [0.3, 0.4) is 0 Å². The zero-order valence-corrected chi connectivity index (χ0v) is 6.91. The summed E-state index contributed by atoms with van der Waals surface area (Å²) >= 11 is 0. The van der Waals surface area contributed by atoms with E-state index >= 15 is 0 Å². The monoisotopic (exact) mass is 160 g/mol. The van der Waals surface area contributed by atoms with E-state index < -0.39 is 6.09 Å². The van der Waals surface area contributed by atoms with E-state index in [1.807, 2.05) is 6.92 Å². The lowest BCUT2D eigenvalue weighted by Crippen LogP contribution is -2.60. The number of hydrogen-bond donors (Lipinski definition) is 1. The van der Waals surface area contributed by atoms with Crippen LogP contribution in [0.5, 0.6) is 0 Å². The van der Waals surface area contributed by atoms with E-state index in [-0.39, 0.29) is 10.5 Å². The Morgan fingerprint density at radius 1 is 1.73 bits per heavy atom. The molecule has 1 N–H and O–H groups in total. The lowest BCUT2D eigenvalue weighted by atomic mass is 10.2. The number of morpholine rings is 1. The summed E-state index contributed by atoms with van der Waals surface area (Å²) in [6, 6.07) is 0.0567. The Labute approximate surface area is 66.0 Å². The minimum Gasteiger partial charge on any atom is -0.435 e. The van der Waals surface area contributed by atoms with Crippen molar-refractivity contribution in [2.24, 2.45) is 0 Å².